The molecule has 5 nitrogen and oxygen atoms in total. The summed E-state index contributed by atoms with van der Waals surface area (Å²) in [5, 5.41) is 2.43. The van der Waals surface area contributed by atoms with Crippen LogP contribution >= 0.6 is 0 Å². The van der Waals surface area contributed by atoms with E-state index in [0.717, 1.165) is 12.1 Å². The number of rotatable bonds is 5. The summed E-state index contributed by atoms with van der Waals surface area (Å²) in [4.78, 5) is 22.7. The Morgan fingerprint density at radius 2 is 1.86 bits per heavy atom. The van der Waals surface area contributed by atoms with Gasteiger partial charge in [-0.05, 0) is 30.3 Å². The van der Waals surface area contributed by atoms with Crippen LogP contribution < -0.4 is 15.8 Å². The molecule has 0 saturated carbocycles. The van der Waals surface area contributed by atoms with Crippen LogP contribution in [-0.2, 0) is 4.79 Å². The van der Waals surface area contributed by atoms with E-state index in [4.69, 9.17) is 10.5 Å². The topological polar surface area (TPSA) is 81.4 Å². The van der Waals surface area contributed by atoms with Gasteiger partial charge in [0.25, 0.3) is 11.8 Å². The van der Waals surface area contributed by atoms with Gasteiger partial charge in [-0.15, -0.1) is 0 Å². The molecular formula is C15H12F2N2O3. The van der Waals surface area contributed by atoms with Crippen molar-refractivity contribution in [2.24, 2.45) is 5.73 Å². The minimum absolute atomic E-state index is 0.118. The molecular weight excluding hydrogens is 294 g/mol. The van der Waals surface area contributed by atoms with Crippen LogP contribution in [-0.4, -0.2) is 18.4 Å². The maximum Gasteiger partial charge on any atom is 0.255 e. The monoisotopic (exact) mass is 306 g/mol. The van der Waals surface area contributed by atoms with Crippen LogP contribution in [0.25, 0.3) is 0 Å². The number of carbonyl (C=O) groups excluding carboxylic acids is 2. The van der Waals surface area contributed by atoms with E-state index in [2.05, 4.69) is 5.32 Å². The zero-order valence-electron chi connectivity index (χ0n) is 11.3. The normalized spacial score (nSPS) is 10.1. The van der Waals surface area contributed by atoms with Crippen molar-refractivity contribution >= 4 is 17.5 Å². The van der Waals surface area contributed by atoms with Gasteiger partial charge in [0.05, 0.1) is 0 Å². The van der Waals surface area contributed by atoms with Gasteiger partial charge in [-0.1, -0.05) is 6.07 Å². The number of hydrogen-bond donors (Lipinski definition) is 2. The number of benzene rings is 2. The summed E-state index contributed by atoms with van der Waals surface area (Å²) >= 11 is 0. The van der Waals surface area contributed by atoms with E-state index >= 15 is 0 Å². The number of halogens is 2. The molecule has 0 spiro atoms. The smallest absolute Gasteiger partial charge is 0.255 e. The molecule has 0 aliphatic heterocycles. The Hall–Kier alpha value is -2.96. The molecule has 0 fully saturated rings. The van der Waals surface area contributed by atoms with Crippen LogP contribution in [0.2, 0.25) is 0 Å². The Labute approximate surface area is 124 Å². The number of nitrogens with two attached hydrogens (primary N) is 1. The fourth-order valence-corrected chi connectivity index (χ4v) is 1.66. The number of amides is 2. The van der Waals surface area contributed by atoms with E-state index in [1.807, 2.05) is 0 Å². The van der Waals surface area contributed by atoms with Crippen molar-refractivity contribution in [2.45, 2.75) is 0 Å². The largest absolute Gasteiger partial charge is 0.484 e. The van der Waals surface area contributed by atoms with Crippen molar-refractivity contribution in [1.29, 1.82) is 0 Å². The second-order valence-electron chi connectivity index (χ2n) is 4.37. The lowest BCUT2D eigenvalue weighted by Gasteiger charge is -2.08. The molecule has 0 bridgehead atoms. The summed E-state index contributed by atoms with van der Waals surface area (Å²) in [5.41, 5.74) is 5.30. The Bertz CT molecular complexity index is 720. The SMILES string of the molecule is NC(=O)COc1cccc(C(=O)Nc2ccc(F)c(F)c2)c1. The summed E-state index contributed by atoms with van der Waals surface area (Å²) in [6.45, 7) is -0.311. The van der Waals surface area contributed by atoms with Gasteiger partial charge in [-0.25, -0.2) is 8.78 Å². The van der Waals surface area contributed by atoms with E-state index in [9.17, 15) is 18.4 Å². The third-order valence-electron chi connectivity index (χ3n) is 2.65. The first-order valence-corrected chi connectivity index (χ1v) is 6.23. The average Bonchev–Trinajstić information content (AvgIpc) is 2.49. The van der Waals surface area contributed by atoms with E-state index in [-0.39, 0.29) is 23.6 Å². The molecule has 2 aromatic rings. The first-order valence-electron chi connectivity index (χ1n) is 6.23. The molecule has 0 aromatic heterocycles. The number of primary amides is 1. The molecule has 0 aliphatic rings. The molecule has 0 radical (unpaired) electrons. The van der Waals surface area contributed by atoms with Gasteiger partial charge in [-0.2, -0.15) is 0 Å². The molecule has 7 heteroatoms. The molecule has 0 heterocycles. The second kappa shape index (κ2) is 6.66. The molecule has 0 aliphatic carbocycles. The van der Waals surface area contributed by atoms with Crippen LogP contribution in [0.3, 0.4) is 0 Å². The molecule has 0 unspecified atom stereocenters. The fourth-order valence-electron chi connectivity index (χ4n) is 1.66. The molecule has 2 aromatic carbocycles. The predicted octanol–water partition coefficient (Wildman–Crippen LogP) is 2.08. The van der Waals surface area contributed by atoms with Crippen LogP contribution in [0.1, 0.15) is 10.4 Å². The summed E-state index contributed by atoms with van der Waals surface area (Å²) < 4.78 is 31.0. The molecule has 22 heavy (non-hydrogen) atoms. The van der Waals surface area contributed by atoms with E-state index < -0.39 is 23.4 Å². The summed E-state index contributed by atoms with van der Waals surface area (Å²) in [6.07, 6.45) is 0. The van der Waals surface area contributed by atoms with Gasteiger partial charge < -0.3 is 15.8 Å². The summed E-state index contributed by atoms with van der Waals surface area (Å²) in [7, 11) is 0. The van der Waals surface area contributed by atoms with Crippen molar-refractivity contribution in [1.82, 2.24) is 0 Å². The van der Waals surface area contributed by atoms with E-state index in [1.165, 1.54) is 18.2 Å². The lowest BCUT2D eigenvalue weighted by atomic mass is 10.2. The van der Waals surface area contributed by atoms with Crippen molar-refractivity contribution in [3.8, 4) is 5.75 Å². The molecule has 3 N–H and O–H groups in total. The highest BCUT2D eigenvalue weighted by molar-refractivity contribution is 6.04. The lowest BCUT2D eigenvalue weighted by molar-refractivity contribution is -0.119. The second-order valence-corrected chi connectivity index (χ2v) is 4.37. The zero-order chi connectivity index (χ0) is 16.1. The lowest BCUT2D eigenvalue weighted by Crippen LogP contribution is -2.20. The first kappa shape index (κ1) is 15.4. The van der Waals surface area contributed by atoms with Gasteiger partial charge in [-0.3, -0.25) is 9.59 Å². The van der Waals surface area contributed by atoms with Crippen molar-refractivity contribution in [3.05, 3.63) is 59.7 Å². The van der Waals surface area contributed by atoms with Gasteiger partial charge in [0.15, 0.2) is 18.2 Å². The number of hydrogen-bond acceptors (Lipinski definition) is 3. The fraction of sp³-hybridized carbons (Fsp3) is 0.0667. The number of nitrogens with one attached hydrogen (secondary N) is 1. The summed E-state index contributed by atoms with van der Waals surface area (Å²) in [6, 6.07) is 9.04. The maximum atomic E-state index is 13.1. The van der Waals surface area contributed by atoms with Crippen LogP contribution in [0, 0.1) is 11.6 Å². The quantitative estimate of drug-likeness (QED) is 0.887. The van der Waals surface area contributed by atoms with Crippen molar-refractivity contribution in [2.75, 3.05) is 11.9 Å². The van der Waals surface area contributed by atoms with Crippen molar-refractivity contribution in [3.63, 3.8) is 0 Å². The van der Waals surface area contributed by atoms with Crippen LogP contribution in [0.5, 0.6) is 5.75 Å². The van der Waals surface area contributed by atoms with Crippen molar-refractivity contribution < 1.29 is 23.1 Å². The van der Waals surface area contributed by atoms with E-state index in [1.54, 1.807) is 12.1 Å². The Morgan fingerprint density at radius 1 is 1.09 bits per heavy atom. The first-order chi connectivity index (χ1) is 10.5. The van der Waals surface area contributed by atoms with E-state index in [0.29, 0.717) is 0 Å². The molecule has 2 rings (SSSR count). The van der Waals surface area contributed by atoms with Gasteiger partial charge in [0.2, 0.25) is 0 Å². The third kappa shape index (κ3) is 4.02. The Balaban J connectivity index is 2.10. The predicted molar refractivity (Wildman–Crippen MR) is 75.4 cm³/mol. The number of carbonyl (C=O) groups is 2. The van der Waals surface area contributed by atoms with Gasteiger partial charge >= 0.3 is 0 Å². The Kier molecular flexibility index (Phi) is 4.67. The van der Waals surface area contributed by atoms with Crippen LogP contribution in [0.15, 0.2) is 42.5 Å². The standard InChI is InChI=1S/C15H12F2N2O3/c16-12-5-4-10(7-13(12)17)19-15(21)9-2-1-3-11(6-9)22-8-14(18)20/h1-7H,8H2,(H2,18,20)(H,19,21). The minimum Gasteiger partial charge on any atom is -0.484 e. The van der Waals surface area contributed by atoms with Crippen LogP contribution in [0.4, 0.5) is 14.5 Å². The Morgan fingerprint density at radius 3 is 2.55 bits per heavy atom. The average molecular weight is 306 g/mol. The van der Waals surface area contributed by atoms with Gasteiger partial charge in [0.1, 0.15) is 5.75 Å². The molecule has 0 saturated heterocycles. The zero-order valence-corrected chi connectivity index (χ0v) is 11.3. The molecule has 114 valence electrons. The number of anilines is 1. The van der Waals surface area contributed by atoms with Gasteiger partial charge in [0, 0.05) is 17.3 Å². The highest BCUT2D eigenvalue weighted by Gasteiger charge is 2.09. The summed E-state index contributed by atoms with van der Waals surface area (Å²) in [5.74, 6) is -2.94. The minimum atomic E-state index is -1.06. The third-order valence-corrected chi connectivity index (χ3v) is 2.65. The molecule has 0 atom stereocenters. The molecule has 2 amide bonds. The highest BCUT2D eigenvalue weighted by Crippen LogP contribution is 2.17. The highest BCUT2D eigenvalue weighted by atomic mass is 19.2. The maximum absolute atomic E-state index is 13.1. The number of ether oxygens (including phenoxy) is 1.